The number of benzene rings is 2. The Kier molecular flexibility index (Phi) is 4.52. The van der Waals surface area contributed by atoms with Crippen molar-refractivity contribution in [1.29, 1.82) is 0 Å². The third-order valence-electron chi connectivity index (χ3n) is 4.29. The number of hydrogen-bond acceptors (Lipinski definition) is 3. The van der Waals surface area contributed by atoms with Crippen LogP contribution in [0.3, 0.4) is 0 Å². The van der Waals surface area contributed by atoms with Gasteiger partial charge in [-0.15, -0.1) is 0 Å². The van der Waals surface area contributed by atoms with Gasteiger partial charge >= 0.3 is 0 Å². The summed E-state index contributed by atoms with van der Waals surface area (Å²) in [4.78, 5) is 4.58. The Morgan fingerprint density at radius 3 is 2.14 bits per heavy atom. The van der Waals surface area contributed by atoms with Gasteiger partial charge in [0.25, 0.3) is 0 Å². The molecule has 2 aromatic carbocycles. The van der Waals surface area contributed by atoms with Crippen LogP contribution in [-0.2, 0) is 6.54 Å². The van der Waals surface area contributed by atoms with Crippen molar-refractivity contribution >= 4 is 17.1 Å². The summed E-state index contributed by atoms with van der Waals surface area (Å²) >= 11 is 0. The van der Waals surface area contributed by atoms with E-state index in [1.807, 2.05) is 0 Å². The molecule has 3 nitrogen and oxygen atoms in total. The lowest BCUT2D eigenvalue weighted by molar-refractivity contribution is 0.949. The highest BCUT2D eigenvalue weighted by atomic mass is 15.1. The van der Waals surface area contributed by atoms with Crippen LogP contribution in [0.15, 0.2) is 48.5 Å². The molecule has 2 aromatic rings. The molecule has 0 radical (unpaired) electrons. The van der Waals surface area contributed by atoms with E-state index in [-0.39, 0.29) is 0 Å². The monoisotopic (exact) mass is 295 g/mol. The van der Waals surface area contributed by atoms with E-state index in [4.69, 9.17) is 0 Å². The third-order valence-corrected chi connectivity index (χ3v) is 4.29. The summed E-state index contributed by atoms with van der Waals surface area (Å²) < 4.78 is 0. The van der Waals surface area contributed by atoms with E-state index in [1.54, 1.807) is 0 Å². The Bertz CT molecular complexity index is 581. The van der Waals surface area contributed by atoms with E-state index in [1.165, 1.54) is 48.6 Å². The van der Waals surface area contributed by atoms with E-state index in [0.29, 0.717) is 0 Å². The summed E-state index contributed by atoms with van der Waals surface area (Å²) in [6.07, 6.45) is 2.64. The Hall–Kier alpha value is -2.16. The molecule has 0 saturated carbocycles. The first-order chi connectivity index (χ1) is 10.7. The molecule has 0 unspecified atom stereocenters. The van der Waals surface area contributed by atoms with Gasteiger partial charge in [-0.1, -0.05) is 12.1 Å². The van der Waals surface area contributed by atoms with Crippen molar-refractivity contribution < 1.29 is 0 Å². The first-order valence-corrected chi connectivity index (χ1v) is 8.07. The van der Waals surface area contributed by atoms with E-state index in [2.05, 4.69) is 77.7 Å². The standard InChI is InChI=1S/C19H25N3/c1-21(2)18-9-5-16(6-10-18)15-20-17-7-11-19(12-8-17)22-13-3-4-14-22/h5-12,20H,3-4,13-15H2,1-2H3. The molecule has 0 aliphatic carbocycles. The molecule has 1 heterocycles. The quantitative estimate of drug-likeness (QED) is 0.900. The summed E-state index contributed by atoms with van der Waals surface area (Å²) in [5.41, 5.74) is 5.06. The van der Waals surface area contributed by atoms with Gasteiger partial charge < -0.3 is 15.1 Å². The Labute approximate surface area is 133 Å². The average Bonchev–Trinajstić information content (AvgIpc) is 3.08. The van der Waals surface area contributed by atoms with Crippen molar-refractivity contribution in [2.75, 3.05) is 42.3 Å². The molecular weight excluding hydrogens is 270 g/mol. The van der Waals surface area contributed by atoms with Crippen LogP contribution in [0.4, 0.5) is 17.1 Å². The molecule has 1 aliphatic heterocycles. The van der Waals surface area contributed by atoms with E-state index >= 15 is 0 Å². The number of nitrogens with one attached hydrogen (secondary N) is 1. The molecule has 116 valence electrons. The maximum absolute atomic E-state index is 3.50. The van der Waals surface area contributed by atoms with Crippen molar-refractivity contribution in [1.82, 2.24) is 0 Å². The summed E-state index contributed by atoms with van der Waals surface area (Å²) in [5, 5.41) is 3.50. The number of anilines is 3. The van der Waals surface area contributed by atoms with Crippen LogP contribution in [0.2, 0.25) is 0 Å². The van der Waals surface area contributed by atoms with Crippen LogP contribution < -0.4 is 15.1 Å². The third kappa shape index (κ3) is 3.53. The lowest BCUT2D eigenvalue weighted by Crippen LogP contribution is -2.17. The van der Waals surface area contributed by atoms with Crippen LogP contribution in [0, 0.1) is 0 Å². The maximum atomic E-state index is 3.50. The zero-order valence-corrected chi connectivity index (χ0v) is 13.5. The highest BCUT2D eigenvalue weighted by molar-refractivity contribution is 5.56. The molecule has 0 amide bonds. The van der Waals surface area contributed by atoms with E-state index in [0.717, 1.165) is 6.54 Å². The molecule has 0 spiro atoms. The van der Waals surface area contributed by atoms with Crippen molar-refractivity contribution in [2.45, 2.75) is 19.4 Å². The topological polar surface area (TPSA) is 18.5 Å². The minimum absolute atomic E-state index is 0.858. The fourth-order valence-electron chi connectivity index (χ4n) is 2.88. The van der Waals surface area contributed by atoms with Gasteiger partial charge in [0.2, 0.25) is 0 Å². The molecule has 3 rings (SSSR count). The fraction of sp³-hybridized carbons (Fsp3) is 0.368. The van der Waals surface area contributed by atoms with Crippen LogP contribution in [0.25, 0.3) is 0 Å². The predicted octanol–water partition coefficient (Wildman–Crippen LogP) is 3.96. The van der Waals surface area contributed by atoms with Crippen molar-refractivity contribution in [3.63, 3.8) is 0 Å². The minimum atomic E-state index is 0.858. The summed E-state index contributed by atoms with van der Waals surface area (Å²) in [7, 11) is 4.13. The van der Waals surface area contributed by atoms with Gasteiger partial charge in [0.05, 0.1) is 0 Å². The van der Waals surface area contributed by atoms with Gasteiger partial charge in [-0.25, -0.2) is 0 Å². The molecular formula is C19H25N3. The maximum Gasteiger partial charge on any atom is 0.0400 e. The molecule has 1 fully saturated rings. The Balaban J connectivity index is 1.56. The number of hydrogen-bond donors (Lipinski definition) is 1. The molecule has 1 aliphatic rings. The lowest BCUT2D eigenvalue weighted by Gasteiger charge is -2.18. The second-order valence-corrected chi connectivity index (χ2v) is 6.16. The van der Waals surface area contributed by atoms with Crippen LogP contribution in [-0.4, -0.2) is 27.2 Å². The van der Waals surface area contributed by atoms with E-state index < -0.39 is 0 Å². The van der Waals surface area contributed by atoms with E-state index in [9.17, 15) is 0 Å². The molecule has 3 heteroatoms. The van der Waals surface area contributed by atoms with Crippen molar-refractivity contribution in [3.05, 3.63) is 54.1 Å². The Morgan fingerprint density at radius 1 is 0.909 bits per heavy atom. The summed E-state index contributed by atoms with van der Waals surface area (Å²) in [6, 6.07) is 17.5. The van der Waals surface area contributed by atoms with Gasteiger partial charge in [-0.2, -0.15) is 0 Å². The second-order valence-electron chi connectivity index (χ2n) is 6.16. The zero-order valence-electron chi connectivity index (χ0n) is 13.5. The van der Waals surface area contributed by atoms with Gasteiger partial charge in [0.1, 0.15) is 0 Å². The summed E-state index contributed by atoms with van der Waals surface area (Å²) in [6.45, 7) is 3.26. The molecule has 1 saturated heterocycles. The SMILES string of the molecule is CN(C)c1ccc(CNc2ccc(N3CCCC3)cc2)cc1. The first kappa shape index (κ1) is 14.8. The smallest absolute Gasteiger partial charge is 0.0400 e. The predicted molar refractivity (Wildman–Crippen MR) is 96.0 cm³/mol. The molecule has 0 aromatic heterocycles. The molecule has 22 heavy (non-hydrogen) atoms. The lowest BCUT2D eigenvalue weighted by atomic mass is 10.2. The van der Waals surface area contributed by atoms with Crippen molar-refractivity contribution in [2.24, 2.45) is 0 Å². The highest BCUT2D eigenvalue weighted by Gasteiger charge is 2.11. The molecule has 0 bridgehead atoms. The van der Waals surface area contributed by atoms with Gasteiger partial charge in [0.15, 0.2) is 0 Å². The van der Waals surface area contributed by atoms with Gasteiger partial charge in [-0.05, 0) is 54.8 Å². The van der Waals surface area contributed by atoms with Crippen LogP contribution in [0.1, 0.15) is 18.4 Å². The fourth-order valence-corrected chi connectivity index (χ4v) is 2.88. The van der Waals surface area contributed by atoms with Crippen molar-refractivity contribution in [3.8, 4) is 0 Å². The second kappa shape index (κ2) is 6.73. The highest BCUT2D eigenvalue weighted by Crippen LogP contribution is 2.22. The van der Waals surface area contributed by atoms with Gasteiger partial charge in [0, 0.05) is 50.8 Å². The average molecular weight is 295 g/mol. The number of nitrogens with zero attached hydrogens (tertiary/aromatic N) is 2. The zero-order chi connectivity index (χ0) is 15.4. The Morgan fingerprint density at radius 2 is 1.55 bits per heavy atom. The minimum Gasteiger partial charge on any atom is -0.381 e. The summed E-state index contributed by atoms with van der Waals surface area (Å²) in [5.74, 6) is 0. The van der Waals surface area contributed by atoms with Gasteiger partial charge in [-0.3, -0.25) is 0 Å². The number of rotatable bonds is 5. The van der Waals surface area contributed by atoms with Crippen LogP contribution >= 0.6 is 0 Å². The molecule has 0 atom stereocenters. The first-order valence-electron chi connectivity index (χ1n) is 8.07. The normalized spacial score (nSPS) is 14.2. The molecule has 1 N–H and O–H groups in total. The van der Waals surface area contributed by atoms with Crippen LogP contribution in [0.5, 0.6) is 0 Å². The largest absolute Gasteiger partial charge is 0.381 e.